The molecule has 21 heavy (non-hydrogen) atoms. The molecule has 5 heteroatoms. The molecule has 1 heterocycles. The molecule has 0 bridgehead atoms. The summed E-state index contributed by atoms with van der Waals surface area (Å²) in [5.74, 6) is -0.923. The van der Waals surface area contributed by atoms with Gasteiger partial charge in [0.05, 0.1) is 5.56 Å². The lowest BCUT2D eigenvalue weighted by molar-refractivity contribution is -0.119. The average molecular weight is 284 g/mol. The number of aryl methyl sites for hydroxylation is 2. The maximum absolute atomic E-state index is 11.7. The van der Waals surface area contributed by atoms with Crippen molar-refractivity contribution in [1.82, 2.24) is 4.98 Å². The highest BCUT2D eigenvalue weighted by atomic mass is 16.5. The number of hydrogen-bond donors (Lipinski definition) is 1. The summed E-state index contributed by atoms with van der Waals surface area (Å²) in [7, 11) is 0. The number of hydrogen-bond acceptors (Lipinski definition) is 4. The van der Waals surface area contributed by atoms with Crippen LogP contribution >= 0.6 is 0 Å². The third-order valence-electron chi connectivity index (χ3n) is 3.04. The minimum Gasteiger partial charge on any atom is -0.452 e. The molecule has 1 amide bonds. The van der Waals surface area contributed by atoms with Gasteiger partial charge in [-0.05, 0) is 49.2 Å². The van der Waals surface area contributed by atoms with Gasteiger partial charge in [0.25, 0.3) is 5.91 Å². The Kier molecular flexibility index (Phi) is 4.66. The highest BCUT2D eigenvalue weighted by Crippen LogP contribution is 2.14. The Morgan fingerprint density at radius 2 is 1.81 bits per heavy atom. The van der Waals surface area contributed by atoms with Crippen LogP contribution in [0.5, 0.6) is 0 Å². The molecule has 1 aromatic carbocycles. The first-order chi connectivity index (χ1) is 10.1. The second-order valence-corrected chi connectivity index (χ2v) is 4.66. The molecule has 0 fully saturated rings. The van der Waals surface area contributed by atoms with Crippen molar-refractivity contribution in [3.63, 3.8) is 0 Å². The number of rotatable bonds is 4. The van der Waals surface area contributed by atoms with Crippen LogP contribution in [-0.4, -0.2) is 23.5 Å². The summed E-state index contributed by atoms with van der Waals surface area (Å²) < 4.78 is 4.94. The van der Waals surface area contributed by atoms with E-state index in [9.17, 15) is 9.59 Å². The number of aromatic nitrogens is 1. The van der Waals surface area contributed by atoms with E-state index in [4.69, 9.17) is 4.74 Å². The van der Waals surface area contributed by atoms with Crippen molar-refractivity contribution in [3.8, 4) is 0 Å². The van der Waals surface area contributed by atoms with Crippen LogP contribution in [0.4, 0.5) is 5.69 Å². The van der Waals surface area contributed by atoms with Gasteiger partial charge in [0.1, 0.15) is 0 Å². The van der Waals surface area contributed by atoms with Crippen LogP contribution in [0.1, 0.15) is 21.5 Å². The minimum absolute atomic E-state index is 0.325. The summed E-state index contributed by atoms with van der Waals surface area (Å²) in [6, 6.07) is 8.67. The Hall–Kier alpha value is -2.69. The van der Waals surface area contributed by atoms with Crippen LogP contribution in [0.2, 0.25) is 0 Å². The Morgan fingerprint density at radius 3 is 2.48 bits per heavy atom. The quantitative estimate of drug-likeness (QED) is 0.876. The lowest BCUT2D eigenvalue weighted by Crippen LogP contribution is -2.21. The summed E-state index contributed by atoms with van der Waals surface area (Å²) in [6.07, 6.45) is 2.98. The highest BCUT2D eigenvalue weighted by molar-refractivity contribution is 5.95. The molecule has 108 valence electrons. The molecule has 0 unspecified atom stereocenters. The fraction of sp³-hybridized carbons (Fsp3) is 0.188. The molecular formula is C16H16N2O3. The van der Waals surface area contributed by atoms with Gasteiger partial charge in [-0.3, -0.25) is 9.78 Å². The van der Waals surface area contributed by atoms with Crippen molar-refractivity contribution >= 4 is 17.6 Å². The number of carbonyl (C=O) groups excluding carboxylic acids is 2. The summed E-state index contributed by atoms with van der Waals surface area (Å²) in [6.45, 7) is 3.64. The summed E-state index contributed by atoms with van der Waals surface area (Å²) in [5, 5.41) is 2.69. The van der Waals surface area contributed by atoms with Crippen molar-refractivity contribution in [2.24, 2.45) is 0 Å². The van der Waals surface area contributed by atoms with Crippen LogP contribution in [0.25, 0.3) is 0 Å². The molecule has 0 aliphatic heterocycles. The van der Waals surface area contributed by atoms with E-state index < -0.39 is 5.97 Å². The normalized spacial score (nSPS) is 10.0. The number of nitrogens with zero attached hydrogens (tertiary/aromatic N) is 1. The molecule has 0 radical (unpaired) electrons. The Morgan fingerprint density at radius 1 is 1.10 bits per heavy atom. The number of ether oxygens (including phenoxy) is 1. The van der Waals surface area contributed by atoms with Gasteiger partial charge in [0, 0.05) is 18.1 Å². The van der Waals surface area contributed by atoms with Crippen molar-refractivity contribution in [1.29, 1.82) is 0 Å². The first-order valence-electron chi connectivity index (χ1n) is 6.50. The van der Waals surface area contributed by atoms with Gasteiger partial charge in [0.15, 0.2) is 6.61 Å². The molecule has 1 N–H and O–H groups in total. The van der Waals surface area contributed by atoms with Crippen LogP contribution in [0, 0.1) is 13.8 Å². The number of carbonyl (C=O) groups is 2. The zero-order chi connectivity index (χ0) is 15.2. The minimum atomic E-state index is -0.548. The number of amides is 1. The number of pyridine rings is 1. The van der Waals surface area contributed by atoms with Crippen LogP contribution in [-0.2, 0) is 9.53 Å². The van der Waals surface area contributed by atoms with Gasteiger partial charge >= 0.3 is 5.97 Å². The molecule has 0 saturated carbocycles. The van der Waals surface area contributed by atoms with E-state index in [-0.39, 0.29) is 12.5 Å². The van der Waals surface area contributed by atoms with Crippen molar-refractivity contribution < 1.29 is 14.3 Å². The Labute approximate surface area is 123 Å². The standard InChI is InChI=1S/C16H16N2O3/c1-11-3-4-14(9-12(11)2)18-15(19)10-21-16(20)13-5-7-17-8-6-13/h3-9H,10H2,1-2H3,(H,18,19). The Bertz CT molecular complexity index is 654. The first kappa shape index (κ1) is 14.7. The summed E-state index contributed by atoms with van der Waals surface area (Å²) >= 11 is 0. The highest BCUT2D eigenvalue weighted by Gasteiger charge is 2.10. The van der Waals surface area contributed by atoms with E-state index in [0.29, 0.717) is 11.3 Å². The van der Waals surface area contributed by atoms with E-state index in [1.54, 1.807) is 0 Å². The number of benzene rings is 1. The predicted octanol–water partition coefficient (Wildman–Crippen LogP) is 2.49. The molecule has 2 aromatic rings. The molecule has 0 saturated heterocycles. The second-order valence-electron chi connectivity index (χ2n) is 4.66. The molecule has 5 nitrogen and oxygen atoms in total. The monoisotopic (exact) mass is 284 g/mol. The fourth-order valence-corrected chi connectivity index (χ4v) is 1.72. The van der Waals surface area contributed by atoms with Gasteiger partial charge < -0.3 is 10.1 Å². The average Bonchev–Trinajstić information content (AvgIpc) is 2.49. The maximum Gasteiger partial charge on any atom is 0.338 e. The number of nitrogens with one attached hydrogen (secondary N) is 1. The van der Waals surface area contributed by atoms with Gasteiger partial charge in [-0.25, -0.2) is 4.79 Å². The van der Waals surface area contributed by atoms with E-state index in [2.05, 4.69) is 10.3 Å². The lowest BCUT2D eigenvalue weighted by atomic mass is 10.1. The first-order valence-corrected chi connectivity index (χ1v) is 6.50. The summed E-state index contributed by atoms with van der Waals surface area (Å²) in [4.78, 5) is 27.2. The van der Waals surface area contributed by atoms with Gasteiger partial charge in [-0.1, -0.05) is 6.07 Å². The Balaban J connectivity index is 1.87. The topological polar surface area (TPSA) is 68.3 Å². The van der Waals surface area contributed by atoms with Crippen molar-refractivity contribution in [2.75, 3.05) is 11.9 Å². The van der Waals surface area contributed by atoms with Gasteiger partial charge in [-0.2, -0.15) is 0 Å². The van der Waals surface area contributed by atoms with Crippen LogP contribution in [0.15, 0.2) is 42.7 Å². The SMILES string of the molecule is Cc1ccc(NC(=O)COC(=O)c2ccncc2)cc1C. The second kappa shape index (κ2) is 6.65. The molecule has 0 aliphatic rings. The van der Waals surface area contributed by atoms with Gasteiger partial charge in [-0.15, -0.1) is 0 Å². The third kappa shape index (κ3) is 4.14. The lowest BCUT2D eigenvalue weighted by Gasteiger charge is -2.08. The smallest absolute Gasteiger partial charge is 0.338 e. The predicted molar refractivity (Wildman–Crippen MR) is 79.1 cm³/mol. The van der Waals surface area contributed by atoms with E-state index >= 15 is 0 Å². The van der Waals surface area contributed by atoms with E-state index in [0.717, 1.165) is 11.1 Å². The van der Waals surface area contributed by atoms with Crippen LogP contribution < -0.4 is 5.32 Å². The summed E-state index contributed by atoms with van der Waals surface area (Å²) in [5.41, 5.74) is 3.28. The molecule has 0 spiro atoms. The van der Waals surface area contributed by atoms with Crippen molar-refractivity contribution in [2.45, 2.75) is 13.8 Å². The molecule has 0 aliphatic carbocycles. The molecular weight excluding hydrogens is 268 g/mol. The zero-order valence-electron chi connectivity index (χ0n) is 11.9. The van der Waals surface area contributed by atoms with E-state index in [1.807, 2.05) is 32.0 Å². The van der Waals surface area contributed by atoms with Gasteiger partial charge in [0.2, 0.25) is 0 Å². The third-order valence-corrected chi connectivity index (χ3v) is 3.04. The zero-order valence-corrected chi connectivity index (χ0v) is 11.9. The molecule has 0 atom stereocenters. The number of esters is 1. The maximum atomic E-state index is 11.7. The largest absolute Gasteiger partial charge is 0.452 e. The van der Waals surface area contributed by atoms with Crippen molar-refractivity contribution in [3.05, 3.63) is 59.4 Å². The van der Waals surface area contributed by atoms with Crippen LogP contribution in [0.3, 0.4) is 0 Å². The molecule has 1 aromatic heterocycles. The molecule has 2 rings (SSSR count). The van der Waals surface area contributed by atoms with E-state index in [1.165, 1.54) is 24.5 Å². The fourth-order valence-electron chi connectivity index (χ4n) is 1.72. The number of anilines is 1.